The van der Waals surface area contributed by atoms with Gasteiger partial charge in [0, 0.05) is 6.04 Å². The summed E-state index contributed by atoms with van der Waals surface area (Å²) in [6.45, 7) is 4.69. The van der Waals surface area contributed by atoms with E-state index in [1.807, 2.05) is 13.8 Å². The molecule has 0 saturated carbocycles. The van der Waals surface area contributed by atoms with Crippen LogP contribution in [0.2, 0.25) is 0 Å². The first-order chi connectivity index (χ1) is 7.60. The van der Waals surface area contributed by atoms with Crippen LogP contribution < -0.4 is 16.2 Å². The van der Waals surface area contributed by atoms with Crippen LogP contribution >= 0.6 is 0 Å². The summed E-state index contributed by atoms with van der Waals surface area (Å²) in [6, 6.07) is 4.57. The van der Waals surface area contributed by atoms with Crippen LogP contribution in [0, 0.1) is 11.7 Å². The number of hydrogen-bond acceptors (Lipinski definition) is 3. The molecule has 0 spiro atoms. The van der Waals surface area contributed by atoms with E-state index in [0.29, 0.717) is 13.2 Å². The topological polar surface area (TPSA) is 61.3 Å². The zero-order valence-electron chi connectivity index (χ0n) is 9.74. The molecule has 90 valence electrons. The maximum absolute atomic E-state index is 13.6. The van der Waals surface area contributed by atoms with Gasteiger partial charge in [-0.2, -0.15) is 0 Å². The second-order valence-electron chi connectivity index (χ2n) is 3.86. The van der Waals surface area contributed by atoms with Crippen molar-refractivity contribution in [2.45, 2.75) is 19.9 Å². The Hall–Kier alpha value is -1.13. The number of nitrogens with two attached hydrogens (primary N) is 2. The zero-order valence-corrected chi connectivity index (χ0v) is 9.74. The van der Waals surface area contributed by atoms with E-state index in [1.165, 1.54) is 6.07 Å². The van der Waals surface area contributed by atoms with Crippen molar-refractivity contribution in [1.29, 1.82) is 0 Å². The fourth-order valence-electron chi connectivity index (χ4n) is 1.47. The van der Waals surface area contributed by atoms with Gasteiger partial charge in [-0.3, -0.25) is 0 Å². The van der Waals surface area contributed by atoms with Gasteiger partial charge in [-0.1, -0.05) is 13.0 Å². The maximum Gasteiger partial charge on any atom is 0.165 e. The summed E-state index contributed by atoms with van der Waals surface area (Å²) < 4.78 is 18.7. The van der Waals surface area contributed by atoms with E-state index in [4.69, 9.17) is 16.2 Å². The van der Waals surface area contributed by atoms with Gasteiger partial charge in [-0.15, -0.1) is 0 Å². The van der Waals surface area contributed by atoms with E-state index < -0.39 is 0 Å². The lowest BCUT2D eigenvalue weighted by molar-refractivity contribution is 0.321. The minimum Gasteiger partial charge on any atom is -0.491 e. The van der Waals surface area contributed by atoms with Crippen molar-refractivity contribution >= 4 is 0 Å². The van der Waals surface area contributed by atoms with Gasteiger partial charge in [0.25, 0.3) is 0 Å². The third-order valence-corrected chi connectivity index (χ3v) is 2.63. The summed E-state index contributed by atoms with van der Waals surface area (Å²) in [5.41, 5.74) is 12.2. The number of benzene rings is 1. The standard InChI is InChI=1S/C12H19FN2O/c1-3-16-11-5-4-9(6-10(11)13)12(15)8(2)7-14/h4-6,8,12H,3,7,14-15H2,1-2H3. The molecule has 0 fully saturated rings. The average molecular weight is 226 g/mol. The third-order valence-electron chi connectivity index (χ3n) is 2.63. The Morgan fingerprint density at radius 1 is 1.44 bits per heavy atom. The van der Waals surface area contributed by atoms with Gasteiger partial charge >= 0.3 is 0 Å². The summed E-state index contributed by atoms with van der Waals surface area (Å²) in [7, 11) is 0. The molecule has 2 atom stereocenters. The summed E-state index contributed by atoms with van der Waals surface area (Å²) in [5, 5.41) is 0. The molecule has 0 aromatic heterocycles. The van der Waals surface area contributed by atoms with E-state index >= 15 is 0 Å². The molecule has 3 nitrogen and oxygen atoms in total. The Morgan fingerprint density at radius 3 is 2.62 bits per heavy atom. The van der Waals surface area contributed by atoms with E-state index in [0.717, 1.165) is 5.56 Å². The molecule has 0 heterocycles. The fraction of sp³-hybridized carbons (Fsp3) is 0.500. The first-order valence-corrected chi connectivity index (χ1v) is 5.48. The van der Waals surface area contributed by atoms with Crippen LogP contribution in [-0.4, -0.2) is 13.2 Å². The van der Waals surface area contributed by atoms with Gasteiger partial charge in [-0.25, -0.2) is 4.39 Å². The highest BCUT2D eigenvalue weighted by molar-refractivity contribution is 5.31. The maximum atomic E-state index is 13.6. The third kappa shape index (κ3) is 2.93. The minimum absolute atomic E-state index is 0.123. The smallest absolute Gasteiger partial charge is 0.165 e. The number of halogens is 1. The number of rotatable bonds is 5. The molecular formula is C12H19FN2O. The summed E-state index contributed by atoms with van der Waals surface area (Å²) in [4.78, 5) is 0. The monoisotopic (exact) mass is 226 g/mol. The predicted molar refractivity (Wildman–Crippen MR) is 62.7 cm³/mol. The zero-order chi connectivity index (χ0) is 12.1. The highest BCUT2D eigenvalue weighted by atomic mass is 19.1. The summed E-state index contributed by atoms with van der Waals surface area (Å²) in [5.74, 6) is 0.00946. The van der Waals surface area contributed by atoms with Crippen molar-refractivity contribution < 1.29 is 9.13 Å². The van der Waals surface area contributed by atoms with Crippen LogP contribution in [0.5, 0.6) is 5.75 Å². The molecular weight excluding hydrogens is 207 g/mol. The van der Waals surface area contributed by atoms with Crippen LogP contribution in [0.25, 0.3) is 0 Å². The molecule has 0 aliphatic rings. The normalized spacial score (nSPS) is 14.6. The van der Waals surface area contributed by atoms with Gasteiger partial charge < -0.3 is 16.2 Å². The van der Waals surface area contributed by atoms with Crippen molar-refractivity contribution in [2.24, 2.45) is 17.4 Å². The molecule has 2 unspecified atom stereocenters. The van der Waals surface area contributed by atoms with Crippen LogP contribution in [0.1, 0.15) is 25.5 Å². The molecule has 4 N–H and O–H groups in total. The first-order valence-electron chi connectivity index (χ1n) is 5.48. The molecule has 0 saturated heterocycles. The largest absolute Gasteiger partial charge is 0.491 e. The SMILES string of the molecule is CCOc1ccc(C(N)C(C)CN)cc1F. The Kier molecular flexibility index (Phi) is 4.71. The molecule has 16 heavy (non-hydrogen) atoms. The van der Waals surface area contributed by atoms with Gasteiger partial charge in [0.05, 0.1) is 6.61 Å². The fourth-order valence-corrected chi connectivity index (χ4v) is 1.47. The first kappa shape index (κ1) is 12.9. The van der Waals surface area contributed by atoms with E-state index in [1.54, 1.807) is 12.1 Å². The van der Waals surface area contributed by atoms with E-state index in [9.17, 15) is 4.39 Å². The van der Waals surface area contributed by atoms with E-state index in [-0.39, 0.29) is 23.5 Å². The summed E-state index contributed by atoms with van der Waals surface area (Å²) in [6.07, 6.45) is 0. The quantitative estimate of drug-likeness (QED) is 0.805. The molecule has 1 aromatic rings. The molecule has 0 amide bonds. The average Bonchev–Trinajstić information content (AvgIpc) is 2.30. The minimum atomic E-state index is -0.376. The van der Waals surface area contributed by atoms with Crippen LogP contribution in [0.3, 0.4) is 0 Å². The van der Waals surface area contributed by atoms with Crippen LogP contribution in [0.4, 0.5) is 4.39 Å². The van der Waals surface area contributed by atoms with Crippen LogP contribution in [-0.2, 0) is 0 Å². The molecule has 0 aliphatic carbocycles. The van der Waals surface area contributed by atoms with E-state index in [2.05, 4.69) is 0 Å². The van der Waals surface area contributed by atoms with Gasteiger partial charge in [0.2, 0.25) is 0 Å². The molecule has 0 bridgehead atoms. The van der Waals surface area contributed by atoms with Gasteiger partial charge in [0.15, 0.2) is 11.6 Å². The second kappa shape index (κ2) is 5.82. The molecule has 1 aromatic carbocycles. The van der Waals surface area contributed by atoms with Crippen molar-refractivity contribution in [3.63, 3.8) is 0 Å². The predicted octanol–water partition coefficient (Wildman–Crippen LogP) is 1.82. The van der Waals surface area contributed by atoms with Crippen molar-refractivity contribution in [1.82, 2.24) is 0 Å². The lowest BCUT2D eigenvalue weighted by Crippen LogP contribution is -2.25. The van der Waals surface area contributed by atoms with Crippen molar-refractivity contribution in [3.8, 4) is 5.75 Å². The molecule has 1 rings (SSSR count). The Bertz CT molecular complexity index is 344. The lowest BCUT2D eigenvalue weighted by Gasteiger charge is -2.19. The van der Waals surface area contributed by atoms with Gasteiger partial charge in [-0.05, 0) is 37.1 Å². The second-order valence-corrected chi connectivity index (χ2v) is 3.86. The Morgan fingerprint density at radius 2 is 2.12 bits per heavy atom. The van der Waals surface area contributed by atoms with Crippen molar-refractivity contribution in [3.05, 3.63) is 29.6 Å². The lowest BCUT2D eigenvalue weighted by atomic mass is 9.95. The highest BCUT2D eigenvalue weighted by Crippen LogP contribution is 2.24. The Balaban J connectivity index is 2.87. The number of ether oxygens (including phenoxy) is 1. The molecule has 4 heteroatoms. The van der Waals surface area contributed by atoms with Crippen LogP contribution in [0.15, 0.2) is 18.2 Å². The number of hydrogen-bond donors (Lipinski definition) is 2. The van der Waals surface area contributed by atoms with Gasteiger partial charge in [0.1, 0.15) is 0 Å². The highest BCUT2D eigenvalue weighted by Gasteiger charge is 2.15. The molecule has 0 aliphatic heterocycles. The Labute approximate surface area is 95.6 Å². The van der Waals surface area contributed by atoms with Crippen molar-refractivity contribution in [2.75, 3.05) is 13.2 Å². The summed E-state index contributed by atoms with van der Waals surface area (Å²) >= 11 is 0. The molecule has 0 radical (unpaired) electrons.